The fourth-order valence-electron chi connectivity index (χ4n) is 8.63. The van der Waals surface area contributed by atoms with Crippen molar-refractivity contribution in [3.63, 3.8) is 0 Å². The largest absolute Gasteiger partial charge is 0.462 e. The molecule has 438 valence electrons. The summed E-state index contributed by atoms with van der Waals surface area (Å²) in [6.07, 6.45) is 89.1. The van der Waals surface area contributed by atoms with E-state index in [0.29, 0.717) is 19.3 Å². The van der Waals surface area contributed by atoms with Crippen molar-refractivity contribution in [1.82, 2.24) is 0 Å². The van der Waals surface area contributed by atoms with Crippen LogP contribution in [0, 0.1) is 0 Å². The quantitative estimate of drug-likeness (QED) is 0.0261. The molecule has 6 heteroatoms. The van der Waals surface area contributed by atoms with Crippen molar-refractivity contribution < 1.29 is 28.6 Å². The van der Waals surface area contributed by atoms with Crippen LogP contribution in [0.3, 0.4) is 0 Å². The molecule has 0 bridgehead atoms. The molecule has 1 unspecified atom stereocenters. The summed E-state index contributed by atoms with van der Waals surface area (Å²) in [7, 11) is 0. The molecule has 0 saturated heterocycles. The Bertz CT molecular complexity index is 1600. The van der Waals surface area contributed by atoms with Crippen molar-refractivity contribution in [3.05, 3.63) is 122 Å². The van der Waals surface area contributed by atoms with Crippen molar-refractivity contribution in [3.8, 4) is 0 Å². The zero-order valence-electron chi connectivity index (χ0n) is 50.2. The first kappa shape index (κ1) is 72.8. The van der Waals surface area contributed by atoms with Gasteiger partial charge >= 0.3 is 17.9 Å². The van der Waals surface area contributed by atoms with Gasteiger partial charge in [0.25, 0.3) is 0 Å². The van der Waals surface area contributed by atoms with E-state index < -0.39 is 6.10 Å². The molecule has 0 rings (SSSR count). The first-order valence-electron chi connectivity index (χ1n) is 32.0. The van der Waals surface area contributed by atoms with E-state index >= 15 is 0 Å². The number of ether oxygens (including phenoxy) is 3. The van der Waals surface area contributed by atoms with Crippen LogP contribution in [0.1, 0.15) is 290 Å². The Morgan fingerprint density at radius 1 is 0.273 bits per heavy atom. The molecule has 6 nitrogen and oxygen atoms in total. The van der Waals surface area contributed by atoms with Gasteiger partial charge < -0.3 is 14.2 Å². The van der Waals surface area contributed by atoms with Crippen molar-refractivity contribution in [1.29, 1.82) is 0 Å². The maximum absolute atomic E-state index is 12.9. The summed E-state index contributed by atoms with van der Waals surface area (Å²) >= 11 is 0. The molecule has 0 spiro atoms. The fraction of sp³-hybridized carbons (Fsp3) is 0.676. The molecule has 0 fully saturated rings. The first-order valence-corrected chi connectivity index (χ1v) is 32.0. The summed E-state index contributed by atoms with van der Waals surface area (Å²) in [4.78, 5) is 38.3. The van der Waals surface area contributed by atoms with E-state index in [0.717, 1.165) is 96.3 Å². The molecule has 1 atom stereocenters. The Labute approximate surface area is 475 Å². The van der Waals surface area contributed by atoms with Gasteiger partial charge in [0, 0.05) is 19.3 Å². The van der Waals surface area contributed by atoms with Crippen LogP contribution >= 0.6 is 0 Å². The second-order valence-electron chi connectivity index (χ2n) is 20.9. The van der Waals surface area contributed by atoms with Gasteiger partial charge in [0.2, 0.25) is 0 Å². The SMILES string of the molecule is CC/C=C\C/C=C\C/C=C\C/C=C\C/C=C\C/C=C\C/C=C\CCCC(=O)OCC(COC(=O)CCCCCCCCC/C=C\CCCCCCCC)OC(=O)CCCCCCCCCCC/C=C\C/C=C\CCCCC. The molecule has 0 aromatic carbocycles. The maximum atomic E-state index is 12.9. The van der Waals surface area contributed by atoms with Crippen LogP contribution in [-0.2, 0) is 28.6 Å². The molecule has 0 aromatic rings. The fourth-order valence-corrected chi connectivity index (χ4v) is 8.63. The number of allylic oxidation sites excluding steroid dienone is 20. The zero-order valence-corrected chi connectivity index (χ0v) is 50.2. The predicted octanol–water partition coefficient (Wildman–Crippen LogP) is 22.0. The Hall–Kier alpha value is -4.19. The second kappa shape index (κ2) is 64.3. The van der Waals surface area contributed by atoms with Crippen LogP contribution in [0.4, 0.5) is 0 Å². The van der Waals surface area contributed by atoms with E-state index in [4.69, 9.17) is 14.2 Å². The van der Waals surface area contributed by atoms with Gasteiger partial charge in [-0.15, -0.1) is 0 Å². The highest BCUT2D eigenvalue weighted by molar-refractivity contribution is 5.71. The Kier molecular flexibility index (Phi) is 60.8. The number of rotatable bonds is 57. The molecular weight excluding hydrogens is 949 g/mol. The summed E-state index contributed by atoms with van der Waals surface area (Å²) in [6.45, 7) is 6.46. The maximum Gasteiger partial charge on any atom is 0.306 e. The number of carbonyl (C=O) groups is 3. The van der Waals surface area contributed by atoms with Gasteiger partial charge in [-0.2, -0.15) is 0 Å². The normalized spacial score (nSPS) is 12.9. The van der Waals surface area contributed by atoms with Crippen LogP contribution in [0.25, 0.3) is 0 Å². The summed E-state index contributed by atoms with van der Waals surface area (Å²) in [5, 5.41) is 0. The third-order valence-corrected chi connectivity index (χ3v) is 13.4. The minimum absolute atomic E-state index is 0.102. The summed E-state index contributed by atoms with van der Waals surface area (Å²) in [5.74, 6) is -0.967. The molecular formula is C71H118O6. The lowest BCUT2D eigenvalue weighted by molar-refractivity contribution is -0.167. The van der Waals surface area contributed by atoms with Crippen molar-refractivity contribution in [2.75, 3.05) is 13.2 Å². The molecule has 77 heavy (non-hydrogen) atoms. The average Bonchev–Trinajstić information content (AvgIpc) is 3.43. The van der Waals surface area contributed by atoms with E-state index in [9.17, 15) is 14.4 Å². The van der Waals surface area contributed by atoms with E-state index in [1.165, 1.54) is 148 Å². The van der Waals surface area contributed by atoms with Crippen LogP contribution in [0.15, 0.2) is 122 Å². The van der Waals surface area contributed by atoms with Gasteiger partial charge in [-0.25, -0.2) is 0 Å². The molecule has 0 N–H and O–H groups in total. The van der Waals surface area contributed by atoms with Crippen LogP contribution in [0.2, 0.25) is 0 Å². The zero-order chi connectivity index (χ0) is 55.7. The van der Waals surface area contributed by atoms with Crippen LogP contribution in [-0.4, -0.2) is 37.2 Å². The van der Waals surface area contributed by atoms with Crippen molar-refractivity contribution in [2.45, 2.75) is 297 Å². The lowest BCUT2D eigenvalue weighted by atomic mass is 10.1. The standard InChI is InChI=1S/C71H118O6/c1-4-7-10-13-16-19-22-25-28-31-33-34-35-36-38-40-43-46-49-52-55-58-61-64-70(73)76-67-68(66-75-69(72)63-60-57-54-51-48-45-42-39-30-27-24-21-18-15-12-9-6-3)77-71(74)65-62-59-56-53-50-47-44-41-37-32-29-26-23-20-17-14-11-8-5-2/h7,10,16-17,19-20,25-30,33-34,36,38,43,46,52,55,68H,4-6,8-9,11-15,18,21-24,31-32,35,37,39-42,44-45,47-51,53-54,56-67H2,1-3H3/b10-7-,19-16-,20-17-,28-25-,29-26-,30-27-,34-33-,38-36-,46-43-,55-52-. The molecule has 0 aromatic heterocycles. The van der Waals surface area contributed by atoms with Crippen molar-refractivity contribution in [2.24, 2.45) is 0 Å². The number of hydrogen-bond acceptors (Lipinski definition) is 6. The second-order valence-corrected chi connectivity index (χ2v) is 20.9. The number of unbranched alkanes of at least 4 members (excludes halogenated alkanes) is 26. The monoisotopic (exact) mass is 1070 g/mol. The topological polar surface area (TPSA) is 78.9 Å². The third-order valence-electron chi connectivity index (χ3n) is 13.4. The van der Waals surface area contributed by atoms with Crippen LogP contribution < -0.4 is 0 Å². The summed E-state index contributed by atoms with van der Waals surface area (Å²) in [5.41, 5.74) is 0. The van der Waals surface area contributed by atoms with Crippen molar-refractivity contribution >= 4 is 17.9 Å². The highest BCUT2D eigenvalue weighted by Crippen LogP contribution is 2.15. The highest BCUT2D eigenvalue weighted by Gasteiger charge is 2.19. The van der Waals surface area contributed by atoms with E-state index in [2.05, 4.69) is 142 Å². The van der Waals surface area contributed by atoms with E-state index in [1.54, 1.807) is 0 Å². The Morgan fingerprint density at radius 2 is 0.519 bits per heavy atom. The summed E-state index contributed by atoms with van der Waals surface area (Å²) < 4.78 is 16.9. The van der Waals surface area contributed by atoms with Gasteiger partial charge in [-0.3, -0.25) is 14.4 Å². The Balaban J connectivity index is 4.50. The molecule has 0 aliphatic rings. The number of hydrogen-bond donors (Lipinski definition) is 0. The van der Waals surface area contributed by atoms with Gasteiger partial charge in [0.1, 0.15) is 13.2 Å². The van der Waals surface area contributed by atoms with E-state index in [1.807, 2.05) is 0 Å². The van der Waals surface area contributed by atoms with Gasteiger partial charge in [-0.05, 0) is 128 Å². The summed E-state index contributed by atoms with van der Waals surface area (Å²) in [6, 6.07) is 0. The lowest BCUT2D eigenvalue weighted by Gasteiger charge is -2.18. The number of carbonyl (C=O) groups excluding carboxylic acids is 3. The number of esters is 3. The van der Waals surface area contributed by atoms with Crippen LogP contribution in [0.5, 0.6) is 0 Å². The predicted molar refractivity (Wildman–Crippen MR) is 334 cm³/mol. The lowest BCUT2D eigenvalue weighted by Crippen LogP contribution is -2.30. The minimum Gasteiger partial charge on any atom is -0.462 e. The molecule has 0 heterocycles. The first-order chi connectivity index (χ1) is 38.0. The molecule has 0 amide bonds. The molecule has 0 aliphatic heterocycles. The highest BCUT2D eigenvalue weighted by atomic mass is 16.6. The minimum atomic E-state index is -0.810. The van der Waals surface area contributed by atoms with E-state index in [-0.39, 0.29) is 37.5 Å². The average molecular weight is 1070 g/mol. The molecule has 0 saturated carbocycles. The molecule has 0 radical (unpaired) electrons. The van der Waals surface area contributed by atoms with Gasteiger partial charge in [0.05, 0.1) is 0 Å². The third kappa shape index (κ3) is 62.5. The van der Waals surface area contributed by atoms with Gasteiger partial charge in [-0.1, -0.05) is 264 Å². The molecule has 0 aliphatic carbocycles. The Morgan fingerprint density at radius 3 is 0.883 bits per heavy atom. The smallest absolute Gasteiger partial charge is 0.306 e. The van der Waals surface area contributed by atoms with Gasteiger partial charge in [0.15, 0.2) is 6.10 Å².